The van der Waals surface area contributed by atoms with Gasteiger partial charge in [0.15, 0.2) is 0 Å². The van der Waals surface area contributed by atoms with Crippen LogP contribution in [0.1, 0.15) is 59.3 Å². The Morgan fingerprint density at radius 2 is 1.70 bits per heavy atom. The first-order chi connectivity index (χ1) is 10.7. The predicted molar refractivity (Wildman–Crippen MR) is 84.9 cm³/mol. The van der Waals surface area contributed by atoms with Crippen molar-refractivity contribution in [2.24, 2.45) is 11.8 Å². The predicted octanol–water partition coefficient (Wildman–Crippen LogP) is 3.00. The summed E-state index contributed by atoms with van der Waals surface area (Å²) in [7, 11) is 1.20. The van der Waals surface area contributed by atoms with E-state index in [4.69, 9.17) is 4.74 Å². The highest BCUT2D eigenvalue weighted by atomic mass is 16.6. The first-order valence-corrected chi connectivity index (χ1v) is 8.63. The first kappa shape index (κ1) is 18.0. The fraction of sp³-hybridized carbons (Fsp3) is 0.882. The van der Waals surface area contributed by atoms with E-state index in [9.17, 15) is 14.8 Å². The third kappa shape index (κ3) is 4.59. The number of amides is 2. The van der Waals surface area contributed by atoms with Gasteiger partial charge >= 0.3 is 6.09 Å². The maximum atomic E-state index is 12.5. The molecule has 1 heterocycles. The van der Waals surface area contributed by atoms with Crippen LogP contribution in [0.3, 0.4) is 0 Å². The van der Waals surface area contributed by atoms with E-state index in [-0.39, 0.29) is 5.92 Å². The highest BCUT2D eigenvalue weighted by molar-refractivity contribution is 5.85. The van der Waals surface area contributed by atoms with Crippen LogP contribution >= 0.6 is 0 Å². The fourth-order valence-electron chi connectivity index (χ4n) is 3.78. The lowest BCUT2D eigenvalue weighted by Gasteiger charge is -2.29. The molecule has 0 N–H and O–H groups in total. The topological polar surface area (TPSA) is 69.8 Å². The van der Waals surface area contributed by atoms with Crippen LogP contribution in [0.2, 0.25) is 0 Å². The summed E-state index contributed by atoms with van der Waals surface area (Å²) in [5.41, 5.74) is -0.614. The molecule has 2 rings (SSSR count). The van der Waals surface area contributed by atoms with Gasteiger partial charge in [-0.05, 0) is 39.0 Å². The van der Waals surface area contributed by atoms with Crippen molar-refractivity contribution in [3.05, 3.63) is 0 Å². The van der Waals surface area contributed by atoms with Gasteiger partial charge in [0.1, 0.15) is 11.6 Å². The molecule has 0 unspecified atom stereocenters. The number of hydrogen-bond donors (Lipinski definition) is 0. The first-order valence-electron chi connectivity index (χ1n) is 8.63. The molecule has 6 heteroatoms. The van der Waals surface area contributed by atoms with Crippen molar-refractivity contribution >= 4 is 12.0 Å². The van der Waals surface area contributed by atoms with E-state index in [0.717, 1.165) is 12.8 Å². The zero-order chi connectivity index (χ0) is 17.2. The molecule has 0 aromatic rings. The third-order valence-corrected chi connectivity index (χ3v) is 4.87. The number of hydroxylamine groups is 2. The van der Waals surface area contributed by atoms with Crippen LogP contribution in [0.5, 0.6) is 0 Å². The number of nitrogens with zero attached hydrogens (tertiary/aromatic N) is 2. The van der Waals surface area contributed by atoms with Crippen LogP contribution < -0.4 is 0 Å². The van der Waals surface area contributed by atoms with E-state index in [0.29, 0.717) is 23.9 Å². The molecule has 1 saturated carbocycles. The normalized spacial score (nSPS) is 26.2. The molecule has 6 nitrogen and oxygen atoms in total. The number of ether oxygens (including phenoxy) is 1. The lowest BCUT2D eigenvalue weighted by Crippen LogP contribution is -2.47. The van der Waals surface area contributed by atoms with Crippen LogP contribution in [-0.2, 0) is 14.7 Å². The number of hydrogen-bond acceptors (Lipinski definition) is 3. The lowest BCUT2D eigenvalue weighted by molar-refractivity contribution is -0.182. The number of carbonyl (C=O) groups is 2. The molecule has 2 atom stereocenters. The molecule has 1 aliphatic carbocycles. The SMILES string of the molecule is CN([O])C(=O)[C@@H]1C[C@@H](C2CCCCC2)CN1C(=O)OC(C)(C)C. The van der Waals surface area contributed by atoms with E-state index in [1.807, 2.05) is 0 Å². The van der Waals surface area contributed by atoms with Gasteiger partial charge in [0.05, 0.1) is 0 Å². The molecule has 1 aliphatic heterocycles. The van der Waals surface area contributed by atoms with Gasteiger partial charge in [-0.15, -0.1) is 0 Å². The standard InChI is InChI=1S/C17H29N2O4/c1-17(2,3)23-16(21)19-11-13(12-8-6-5-7-9-12)10-14(19)15(20)18(4)22/h12-14H,5-11H2,1-4H3/t13-,14+/m1/s1. The van der Waals surface area contributed by atoms with Gasteiger partial charge in [0.25, 0.3) is 5.91 Å². The van der Waals surface area contributed by atoms with Gasteiger partial charge < -0.3 is 4.74 Å². The maximum absolute atomic E-state index is 12.5. The highest BCUT2D eigenvalue weighted by Crippen LogP contribution is 2.38. The Bertz CT molecular complexity index is 438. The van der Waals surface area contributed by atoms with Gasteiger partial charge in [0.2, 0.25) is 0 Å². The number of likely N-dealkylation sites (N-methyl/N-ethyl adjacent to an activating group) is 1. The summed E-state index contributed by atoms with van der Waals surface area (Å²) in [5, 5.41) is 11.8. The quantitative estimate of drug-likeness (QED) is 0.733. The average Bonchev–Trinajstić information content (AvgIpc) is 2.90. The van der Waals surface area contributed by atoms with E-state index < -0.39 is 23.6 Å². The molecule has 0 bridgehead atoms. The molecule has 0 aromatic heterocycles. The van der Waals surface area contributed by atoms with Gasteiger partial charge in [0, 0.05) is 13.6 Å². The van der Waals surface area contributed by atoms with Crippen LogP contribution in [0.15, 0.2) is 0 Å². The van der Waals surface area contributed by atoms with E-state index in [2.05, 4.69) is 0 Å². The summed E-state index contributed by atoms with van der Waals surface area (Å²) in [6, 6.07) is -0.681. The van der Waals surface area contributed by atoms with Crippen molar-refractivity contribution < 1.29 is 19.5 Å². The van der Waals surface area contributed by atoms with Crippen molar-refractivity contribution in [2.45, 2.75) is 70.9 Å². The van der Waals surface area contributed by atoms with E-state index in [1.165, 1.54) is 31.2 Å². The Kier molecular flexibility index (Phi) is 5.55. The van der Waals surface area contributed by atoms with E-state index in [1.54, 1.807) is 20.8 Å². The van der Waals surface area contributed by atoms with Crippen LogP contribution in [0.25, 0.3) is 0 Å². The van der Waals surface area contributed by atoms with Crippen LogP contribution in [0, 0.1) is 11.8 Å². The lowest BCUT2D eigenvalue weighted by atomic mass is 9.79. The molecule has 131 valence electrons. The van der Waals surface area contributed by atoms with Crippen molar-refractivity contribution in [3.63, 3.8) is 0 Å². The molecule has 1 saturated heterocycles. The minimum absolute atomic E-state index is 0.289. The smallest absolute Gasteiger partial charge is 0.410 e. The van der Waals surface area contributed by atoms with Crippen LogP contribution in [-0.4, -0.2) is 47.2 Å². The maximum Gasteiger partial charge on any atom is 0.410 e. The minimum atomic E-state index is -0.681. The summed E-state index contributed by atoms with van der Waals surface area (Å²) in [6.45, 7) is 5.92. The summed E-state index contributed by atoms with van der Waals surface area (Å²) in [5.74, 6) is 0.286. The second-order valence-corrected chi connectivity index (χ2v) is 7.88. The summed E-state index contributed by atoms with van der Waals surface area (Å²) in [6.07, 6.45) is 6.10. The number of likely N-dealkylation sites (tertiary alicyclic amines) is 1. The van der Waals surface area contributed by atoms with Crippen molar-refractivity contribution in [3.8, 4) is 0 Å². The molecule has 0 spiro atoms. The van der Waals surface area contributed by atoms with Crippen molar-refractivity contribution in [2.75, 3.05) is 13.6 Å². The Balaban J connectivity index is 2.11. The summed E-state index contributed by atoms with van der Waals surface area (Å²) >= 11 is 0. The summed E-state index contributed by atoms with van der Waals surface area (Å²) < 4.78 is 5.43. The number of carbonyl (C=O) groups excluding carboxylic acids is 2. The monoisotopic (exact) mass is 325 g/mol. The average molecular weight is 325 g/mol. The second kappa shape index (κ2) is 7.07. The molecular formula is C17H29N2O4. The summed E-state index contributed by atoms with van der Waals surface area (Å²) in [4.78, 5) is 26.1. The Morgan fingerprint density at radius 1 is 1.09 bits per heavy atom. The Morgan fingerprint density at radius 3 is 2.22 bits per heavy atom. The van der Waals surface area contributed by atoms with Gasteiger partial charge in [-0.3, -0.25) is 9.69 Å². The fourth-order valence-corrected chi connectivity index (χ4v) is 3.78. The van der Waals surface area contributed by atoms with Crippen molar-refractivity contribution in [1.29, 1.82) is 0 Å². The molecular weight excluding hydrogens is 296 g/mol. The van der Waals surface area contributed by atoms with Gasteiger partial charge in [-0.1, -0.05) is 37.3 Å². The zero-order valence-electron chi connectivity index (χ0n) is 14.7. The Hall–Kier alpha value is -1.30. The molecule has 0 aromatic carbocycles. The number of rotatable bonds is 2. The van der Waals surface area contributed by atoms with Gasteiger partial charge in [-0.2, -0.15) is 5.06 Å². The Labute approximate surface area is 138 Å². The van der Waals surface area contributed by atoms with Crippen molar-refractivity contribution in [1.82, 2.24) is 9.96 Å². The van der Waals surface area contributed by atoms with E-state index >= 15 is 0 Å². The highest BCUT2D eigenvalue weighted by Gasteiger charge is 2.44. The molecule has 23 heavy (non-hydrogen) atoms. The third-order valence-electron chi connectivity index (χ3n) is 4.87. The zero-order valence-corrected chi connectivity index (χ0v) is 14.7. The minimum Gasteiger partial charge on any atom is -0.444 e. The second-order valence-electron chi connectivity index (χ2n) is 7.88. The molecule has 1 radical (unpaired) electrons. The molecule has 2 amide bonds. The molecule has 2 aliphatic rings. The van der Waals surface area contributed by atoms with Gasteiger partial charge in [-0.25, -0.2) is 4.79 Å². The molecule has 2 fully saturated rings. The van der Waals surface area contributed by atoms with Crippen LogP contribution in [0.4, 0.5) is 4.79 Å². The largest absolute Gasteiger partial charge is 0.444 e.